The maximum Gasteiger partial charge on any atom is 0.390 e. The Bertz CT molecular complexity index is 234. The first-order chi connectivity index (χ1) is 8.56. The zero-order valence-electron chi connectivity index (χ0n) is 12.6. The Morgan fingerprint density at radius 3 is 2.11 bits per heavy atom. The predicted molar refractivity (Wildman–Crippen MR) is 74.0 cm³/mol. The second-order valence-electron chi connectivity index (χ2n) is 6.46. The molecule has 2 nitrogen and oxygen atoms in total. The number of halogens is 3. The van der Waals surface area contributed by atoms with Crippen molar-refractivity contribution < 1.29 is 13.2 Å². The van der Waals surface area contributed by atoms with Gasteiger partial charge in [-0.2, -0.15) is 13.2 Å². The highest BCUT2D eigenvalue weighted by molar-refractivity contribution is 4.75. The van der Waals surface area contributed by atoms with E-state index in [2.05, 4.69) is 26.1 Å². The van der Waals surface area contributed by atoms with E-state index in [1.54, 1.807) is 6.92 Å². The van der Waals surface area contributed by atoms with Gasteiger partial charge in [-0.1, -0.05) is 20.8 Å². The quantitative estimate of drug-likeness (QED) is 0.666. The molecule has 0 spiro atoms. The van der Waals surface area contributed by atoms with E-state index in [9.17, 15) is 13.2 Å². The Hall–Kier alpha value is -0.290. The Morgan fingerprint density at radius 1 is 1.11 bits per heavy atom. The van der Waals surface area contributed by atoms with E-state index in [0.717, 1.165) is 19.3 Å². The third kappa shape index (κ3) is 10.2. The molecule has 116 valence electrons. The first-order valence-electron chi connectivity index (χ1n) is 7.06. The summed E-state index contributed by atoms with van der Waals surface area (Å²) in [6.45, 7) is 9.44. The fourth-order valence-electron chi connectivity index (χ4n) is 2.33. The molecule has 0 radical (unpaired) electrons. The Balaban J connectivity index is 3.89. The van der Waals surface area contributed by atoms with Crippen LogP contribution >= 0.6 is 0 Å². The van der Waals surface area contributed by atoms with Gasteiger partial charge in [-0.15, -0.1) is 0 Å². The Labute approximate surface area is 115 Å². The highest BCUT2D eigenvalue weighted by Crippen LogP contribution is 2.31. The van der Waals surface area contributed by atoms with Crippen molar-refractivity contribution in [3.8, 4) is 0 Å². The van der Waals surface area contributed by atoms with Gasteiger partial charge in [0.1, 0.15) is 0 Å². The van der Waals surface area contributed by atoms with Gasteiger partial charge >= 0.3 is 6.18 Å². The molecule has 0 aliphatic heterocycles. The zero-order chi connectivity index (χ0) is 15.1. The van der Waals surface area contributed by atoms with Crippen LogP contribution in [0.2, 0.25) is 0 Å². The molecular weight excluding hydrogens is 253 g/mol. The highest BCUT2D eigenvalue weighted by atomic mass is 19.4. The molecule has 3 N–H and O–H groups in total. The summed E-state index contributed by atoms with van der Waals surface area (Å²) < 4.78 is 36.4. The van der Waals surface area contributed by atoms with Gasteiger partial charge in [-0.05, 0) is 50.6 Å². The summed E-state index contributed by atoms with van der Waals surface area (Å²) >= 11 is 0. The minimum atomic E-state index is -4.08. The Morgan fingerprint density at radius 2 is 1.68 bits per heavy atom. The molecule has 0 aromatic heterocycles. The van der Waals surface area contributed by atoms with Gasteiger partial charge < -0.3 is 11.1 Å². The second kappa shape index (κ2) is 8.10. The average Bonchev–Trinajstić information content (AvgIpc) is 2.18. The third-order valence-electron chi connectivity index (χ3n) is 3.50. The largest absolute Gasteiger partial charge is 0.390 e. The molecule has 0 fully saturated rings. The van der Waals surface area contributed by atoms with Crippen molar-refractivity contribution in [2.45, 2.75) is 65.6 Å². The van der Waals surface area contributed by atoms with Crippen molar-refractivity contribution in [1.29, 1.82) is 0 Å². The van der Waals surface area contributed by atoms with Crippen molar-refractivity contribution in [1.82, 2.24) is 5.32 Å². The summed E-state index contributed by atoms with van der Waals surface area (Å²) in [6, 6.07) is -0.511. The summed E-state index contributed by atoms with van der Waals surface area (Å²) in [6.07, 6.45) is -1.98. The molecule has 0 heterocycles. The summed E-state index contributed by atoms with van der Waals surface area (Å²) in [5.41, 5.74) is 5.81. The zero-order valence-corrected chi connectivity index (χ0v) is 12.6. The van der Waals surface area contributed by atoms with Crippen molar-refractivity contribution in [2.75, 3.05) is 13.1 Å². The molecule has 0 amide bonds. The molecule has 0 saturated heterocycles. The molecule has 0 saturated carbocycles. The molecular formula is C14H29F3N2. The van der Waals surface area contributed by atoms with Crippen molar-refractivity contribution in [3.63, 3.8) is 0 Å². The SMILES string of the molecule is CC(CC(F)(F)F)NCCCC(CCN)C(C)(C)C. The number of alkyl halides is 3. The minimum absolute atomic E-state index is 0.205. The molecule has 0 aliphatic rings. The third-order valence-corrected chi connectivity index (χ3v) is 3.50. The lowest BCUT2D eigenvalue weighted by Gasteiger charge is -2.30. The van der Waals surface area contributed by atoms with Gasteiger partial charge in [0.15, 0.2) is 0 Å². The van der Waals surface area contributed by atoms with Gasteiger partial charge in [-0.3, -0.25) is 0 Å². The number of nitrogens with one attached hydrogen (secondary N) is 1. The average molecular weight is 282 g/mol. The number of hydrogen-bond acceptors (Lipinski definition) is 2. The molecule has 2 unspecified atom stereocenters. The van der Waals surface area contributed by atoms with E-state index < -0.39 is 18.6 Å². The summed E-state index contributed by atoms with van der Waals surface area (Å²) in [7, 11) is 0. The number of nitrogens with two attached hydrogens (primary N) is 1. The van der Waals surface area contributed by atoms with Crippen LogP contribution in [0.3, 0.4) is 0 Å². The fraction of sp³-hybridized carbons (Fsp3) is 1.00. The molecule has 0 bridgehead atoms. The van der Waals surface area contributed by atoms with E-state index >= 15 is 0 Å². The van der Waals surface area contributed by atoms with Gasteiger partial charge in [0.2, 0.25) is 0 Å². The first kappa shape index (κ1) is 18.7. The van der Waals surface area contributed by atoms with E-state index in [-0.39, 0.29) is 5.41 Å². The van der Waals surface area contributed by atoms with Crippen LogP contribution < -0.4 is 11.1 Å². The van der Waals surface area contributed by atoms with Crippen LogP contribution in [0.4, 0.5) is 13.2 Å². The van der Waals surface area contributed by atoms with E-state index in [1.807, 2.05) is 0 Å². The lowest BCUT2D eigenvalue weighted by atomic mass is 9.76. The smallest absolute Gasteiger partial charge is 0.330 e. The summed E-state index contributed by atoms with van der Waals surface area (Å²) in [5.74, 6) is 0.525. The topological polar surface area (TPSA) is 38.0 Å². The molecule has 2 atom stereocenters. The molecule has 0 aromatic rings. The maximum absolute atomic E-state index is 12.1. The molecule has 5 heteroatoms. The monoisotopic (exact) mass is 282 g/mol. The molecule has 19 heavy (non-hydrogen) atoms. The van der Waals surface area contributed by atoms with Crippen LogP contribution in [0.5, 0.6) is 0 Å². The van der Waals surface area contributed by atoms with Crippen molar-refractivity contribution >= 4 is 0 Å². The van der Waals surface area contributed by atoms with Gasteiger partial charge in [0.25, 0.3) is 0 Å². The van der Waals surface area contributed by atoms with Crippen LogP contribution in [0, 0.1) is 11.3 Å². The van der Waals surface area contributed by atoms with E-state index in [0.29, 0.717) is 19.0 Å². The van der Waals surface area contributed by atoms with Crippen LogP contribution in [0.25, 0.3) is 0 Å². The van der Waals surface area contributed by atoms with Crippen LogP contribution in [0.1, 0.15) is 53.4 Å². The van der Waals surface area contributed by atoms with E-state index in [1.165, 1.54) is 0 Å². The second-order valence-corrected chi connectivity index (χ2v) is 6.46. The number of rotatable bonds is 8. The van der Waals surface area contributed by atoms with E-state index in [4.69, 9.17) is 5.73 Å². The standard InChI is InChI=1S/C14H29F3N2/c1-11(10-14(15,16)17)19-9-5-6-12(7-8-18)13(2,3)4/h11-12,19H,5-10,18H2,1-4H3. The van der Waals surface area contributed by atoms with Gasteiger partial charge in [-0.25, -0.2) is 0 Å². The van der Waals surface area contributed by atoms with Crippen LogP contribution in [-0.4, -0.2) is 25.3 Å². The van der Waals surface area contributed by atoms with Crippen LogP contribution in [0.15, 0.2) is 0 Å². The lowest BCUT2D eigenvalue weighted by molar-refractivity contribution is -0.139. The summed E-state index contributed by atoms with van der Waals surface area (Å²) in [4.78, 5) is 0. The van der Waals surface area contributed by atoms with Crippen molar-refractivity contribution in [3.05, 3.63) is 0 Å². The lowest BCUT2D eigenvalue weighted by Crippen LogP contribution is -2.32. The molecule has 0 rings (SSSR count). The van der Waals surface area contributed by atoms with Gasteiger partial charge in [0, 0.05) is 6.04 Å². The molecule has 0 aliphatic carbocycles. The number of hydrogen-bond donors (Lipinski definition) is 2. The maximum atomic E-state index is 12.1. The first-order valence-corrected chi connectivity index (χ1v) is 7.06. The predicted octanol–water partition coefficient (Wildman–Crippen LogP) is 3.71. The van der Waals surface area contributed by atoms with Crippen LogP contribution in [-0.2, 0) is 0 Å². The summed E-state index contributed by atoms with van der Waals surface area (Å²) in [5, 5.41) is 2.94. The van der Waals surface area contributed by atoms with Gasteiger partial charge in [0.05, 0.1) is 6.42 Å². The molecule has 0 aromatic carbocycles. The Kier molecular flexibility index (Phi) is 7.98. The normalized spacial score (nSPS) is 16.4. The van der Waals surface area contributed by atoms with Crippen molar-refractivity contribution in [2.24, 2.45) is 17.1 Å². The minimum Gasteiger partial charge on any atom is -0.330 e. The highest BCUT2D eigenvalue weighted by Gasteiger charge is 2.29. The fourth-order valence-corrected chi connectivity index (χ4v) is 2.33.